The minimum Gasteiger partial charge on any atom is -0.476 e. The Labute approximate surface area is 114 Å². The van der Waals surface area contributed by atoms with Crippen molar-refractivity contribution in [1.29, 1.82) is 0 Å². The number of nitrogens with one attached hydrogen (secondary N) is 1. The molecule has 7 heteroatoms. The third-order valence-electron chi connectivity index (χ3n) is 2.89. The van der Waals surface area contributed by atoms with Crippen LogP contribution >= 0.6 is 11.3 Å². The summed E-state index contributed by atoms with van der Waals surface area (Å²) in [6.45, 7) is 3.65. The molecule has 1 aromatic heterocycles. The van der Waals surface area contributed by atoms with E-state index >= 15 is 0 Å². The van der Waals surface area contributed by atoms with Gasteiger partial charge < -0.3 is 15.3 Å². The summed E-state index contributed by atoms with van der Waals surface area (Å²) in [5.74, 6) is -1.05. The molecule has 2 amide bonds. The summed E-state index contributed by atoms with van der Waals surface area (Å²) in [5.41, 5.74) is 1.32. The topological polar surface area (TPSA) is 82.5 Å². The molecule has 0 radical (unpaired) electrons. The van der Waals surface area contributed by atoms with Crippen LogP contribution in [0, 0.1) is 0 Å². The summed E-state index contributed by atoms with van der Waals surface area (Å²) >= 11 is 1.23. The number of urea groups is 1. The molecular formula is C12H15N3O3S. The molecule has 6 nitrogen and oxygen atoms in total. The molecule has 0 atom stereocenters. The van der Waals surface area contributed by atoms with E-state index in [1.807, 2.05) is 6.08 Å². The fraction of sp³-hybridized carbons (Fsp3) is 0.417. The van der Waals surface area contributed by atoms with E-state index in [1.54, 1.807) is 4.90 Å². The molecule has 1 aliphatic rings. The Hall–Kier alpha value is -1.89. The van der Waals surface area contributed by atoms with Gasteiger partial charge in [-0.3, -0.25) is 0 Å². The summed E-state index contributed by atoms with van der Waals surface area (Å²) in [5, 5.41) is 13.6. The van der Waals surface area contributed by atoms with Crippen molar-refractivity contribution >= 4 is 23.3 Å². The van der Waals surface area contributed by atoms with Crippen LogP contribution in [0.25, 0.3) is 0 Å². The minimum absolute atomic E-state index is 0.0192. The van der Waals surface area contributed by atoms with Crippen LogP contribution in [0.15, 0.2) is 17.0 Å². The van der Waals surface area contributed by atoms with E-state index in [-0.39, 0.29) is 18.3 Å². The van der Waals surface area contributed by atoms with Crippen LogP contribution in [-0.4, -0.2) is 40.1 Å². The molecule has 0 unspecified atom stereocenters. The number of rotatable bonds is 3. The molecule has 0 aliphatic carbocycles. The number of hydrogen-bond donors (Lipinski definition) is 2. The monoisotopic (exact) mass is 281 g/mol. The Bertz CT molecular complexity index is 524. The Morgan fingerprint density at radius 1 is 1.58 bits per heavy atom. The average molecular weight is 281 g/mol. The van der Waals surface area contributed by atoms with E-state index in [0.29, 0.717) is 18.1 Å². The van der Waals surface area contributed by atoms with Gasteiger partial charge in [0.15, 0.2) is 5.69 Å². The number of nitrogens with zero attached hydrogens (tertiary/aromatic N) is 2. The zero-order valence-electron chi connectivity index (χ0n) is 10.5. The second-order valence-corrected chi connectivity index (χ2v) is 5.28. The van der Waals surface area contributed by atoms with Crippen molar-refractivity contribution in [3.05, 3.63) is 27.7 Å². The van der Waals surface area contributed by atoms with Crippen molar-refractivity contribution in [2.24, 2.45) is 0 Å². The zero-order chi connectivity index (χ0) is 13.8. The lowest BCUT2D eigenvalue weighted by atomic mass is 10.1. The van der Waals surface area contributed by atoms with Crippen LogP contribution in [0.3, 0.4) is 0 Å². The molecule has 0 saturated heterocycles. The van der Waals surface area contributed by atoms with Crippen molar-refractivity contribution in [2.75, 3.05) is 13.1 Å². The van der Waals surface area contributed by atoms with Crippen molar-refractivity contribution in [2.45, 2.75) is 19.9 Å². The number of carbonyl (C=O) groups is 2. The van der Waals surface area contributed by atoms with Crippen LogP contribution in [0.2, 0.25) is 0 Å². The van der Waals surface area contributed by atoms with Gasteiger partial charge in [0.2, 0.25) is 0 Å². The first kappa shape index (κ1) is 13.5. The van der Waals surface area contributed by atoms with Gasteiger partial charge in [-0.1, -0.05) is 11.6 Å². The normalized spacial score (nSPS) is 15.0. The standard InChI is InChI=1S/C12H15N3O3S/c1-8-2-4-15(5-3-8)12(18)13-6-10-14-9(7-19-10)11(16)17/h2,7H,3-6H2,1H3,(H,13,18)(H,16,17). The Balaban J connectivity index is 1.84. The number of carboxylic acids is 1. The SMILES string of the molecule is CC1=CCN(C(=O)NCc2nc(C(=O)O)cs2)CC1. The second-order valence-electron chi connectivity index (χ2n) is 4.34. The maximum Gasteiger partial charge on any atom is 0.355 e. The first-order valence-electron chi connectivity index (χ1n) is 5.92. The van der Waals surface area contributed by atoms with Crippen LogP contribution in [0.1, 0.15) is 28.8 Å². The molecule has 19 heavy (non-hydrogen) atoms. The molecule has 2 heterocycles. The predicted molar refractivity (Wildman–Crippen MR) is 71.3 cm³/mol. The van der Waals surface area contributed by atoms with Gasteiger partial charge in [0, 0.05) is 18.5 Å². The highest BCUT2D eigenvalue weighted by atomic mass is 32.1. The summed E-state index contributed by atoms with van der Waals surface area (Å²) < 4.78 is 0. The summed E-state index contributed by atoms with van der Waals surface area (Å²) in [7, 11) is 0. The lowest BCUT2D eigenvalue weighted by Crippen LogP contribution is -2.41. The van der Waals surface area contributed by atoms with Gasteiger partial charge in [0.1, 0.15) is 5.01 Å². The van der Waals surface area contributed by atoms with Crippen LogP contribution in [0.4, 0.5) is 4.79 Å². The Kier molecular flexibility index (Phi) is 4.16. The van der Waals surface area contributed by atoms with E-state index in [0.717, 1.165) is 6.42 Å². The molecule has 0 spiro atoms. The first-order valence-corrected chi connectivity index (χ1v) is 6.80. The van der Waals surface area contributed by atoms with Gasteiger partial charge in [-0.2, -0.15) is 0 Å². The smallest absolute Gasteiger partial charge is 0.355 e. The highest BCUT2D eigenvalue weighted by molar-refractivity contribution is 7.09. The molecule has 102 valence electrons. The molecule has 2 rings (SSSR count). The van der Waals surface area contributed by atoms with E-state index in [4.69, 9.17) is 5.11 Å². The Morgan fingerprint density at radius 3 is 2.95 bits per heavy atom. The maximum absolute atomic E-state index is 11.9. The van der Waals surface area contributed by atoms with E-state index in [1.165, 1.54) is 22.3 Å². The van der Waals surface area contributed by atoms with Gasteiger partial charge in [-0.25, -0.2) is 14.6 Å². The fourth-order valence-electron chi connectivity index (χ4n) is 1.71. The summed E-state index contributed by atoms with van der Waals surface area (Å²) in [6.07, 6.45) is 2.93. The highest BCUT2D eigenvalue weighted by Crippen LogP contribution is 2.11. The quantitative estimate of drug-likeness (QED) is 0.826. The highest BCUT2D eigenvalue weighted by Gasteiger charge is 2.16. The van der Waals surface area contributed by atoms with E-state index < -0.39 is 5.97 Å². The second kappa shape index (κ2) is 5.83. The van der Waals surface area contributed by atoms with Crippen molar-refractivity contribution < 1.29 is 14.7 Å². The third-order valence-corrected chi connectivity index (χ3v) is 3.73. The Morgan fingerprint density at radius 2 is 2.37 bits per heavy atom. The summed E-state index contributed by atoms with van der Waals surface area (Å²) in [4.78, 5) is 28.2. The zero-order valence-corrected chi connectivity index (χ0v) is 11.4. The van der Waals surface area contributed by atoms with E-state index in [2.05, 4.69) is 17.2 Å². The van der Waals surface area contributed by atoms with Crippen molar-refractivity contribution in [3.63, 3.8) is 0 Å². The molecular weight excluding hydrogens is 266 g/mol. The predicted octanol–water partition coefficient (Wildman–Crippen LogP) is 1.70. The van der Waals surface area contributed by atoms with E-state index in [9.17, 15) is 9.59 Å². The number of aromatic nitrogens is 1. The van der Waals surface area contributed by atoms with Crippen LogP contribution < -0.4 is 5.32 Å². The molecule has 1 aromatic rings. The maximum atomic E-state index is 11.9. The molecule has 0 saturated carbocycles. The molecule has 1 aliphatic heterocycles. The average Bonchev–Trinajstić information content (AvgIpc) is 2.86. The van der Waals surface area contributed by atoms with Gasteiger partial charge in [0.25, 0.3) is 0 Å². The number of hydrogen-bond acceptors (Lipinski definition) is 4. The summed E-state index contributed by atoms with van der Waals surface area (Å²) in [6, 6.07) is -0.143. The van der Waals surface area contributed by atoms with Gasteiger partial charge >= 0.3 is 12.0 Å². The van der Waals surface area contributed by atoms with Gasteiger partial charge in [0.05, 0.1) is 6.54 Å². The first-order chi connectivity index (χ1) is 9.06. The van der Waals surface area contributed by atoms with Crippen LogP contribution in [-0.2, 0) is 6.54 Å². The minimum atomic E-state index is -1.05. The van der Waals surface area contributed by atoms with Gasteiger partial charge in [-0.05, 0) is 13.3 Å². The van der Waals surface area contributed by atoms with Crippen molar-refractivity contribution in [1.82, 2.24) is 15.2 Å². The largest absolute Gasteiger partial charge is 0.476 e. The fourth-order valence-corrected chi connectivity index (χ4v) is 2.42. The lowest BCUT2D eigenvalue weighted by molar-refractivity contribution is 0.0691. The third kappa shape index (κ3) is 3.54. The molecule has 0 fully saturated rings. The number of thiazole rings is 1. The van der Waals surface area contributed by atoms with Gasteiger partial charge in [-0.15, -0.1) is 11.3 Å². The number of carbonyl (C=O) groups excluding carboxylic acids is 1. The van der Waals surface area contributed by atoms with Crippen LogP contribution in [0.5, 0.6) is 0 Å². The number of amides is 2. The lowest BCUT2D eigenvalue weighted by Gasteiger charge is -2.25. The number of aromatic carboxylic acids is 1. The number of carboxylic acid groups (broad SMARTS) is 1. The molecule has 0 bridgehead atoms. The molecule has 2 N–H and O–H groups in total. The van der Waals surface area contributed by atoms with Crippen molar-refractivity contribution in [3.8, 4) is 0 Å². The molecule has 0 aromatic carbocycles.